The van der Waals surface area contributed by atoms with Gasteiger partial charge in [0.25, 0.3) is 0 Å². The van der Waals surface area contributed by atoms with E-state index in [1.54, 1.807) is 14.0 Å². The van der Waals surface area contributed by atoms with Crippen LogP contribution in [0.5, 0.6) is 5.75 Å². The van der Waals surface area contributed by atoms with Crippen molar-refractivity contribution in [3.05, 3.63) is 46.5 Å². The van der Waals surface area contributed by atoms with Crippen molar-refractivity contribution >= 4 is 23.0 Å². The van der Waals surface area contributed by atoms with Crippen molar-refractivity contribution in [2.24, 2.45) is 10.9 Å². The molecule has 2 aromatic rings. The van der Waals surface area contributed by atoms with Crippen molar-refractivity contribution in [3.8, 4) is 5.75 Å². The number of hydrogen-bond donors (Lipinski definition) is 0. The summed E-state index contributed by atoms with van der Waals surface area (Å²) >= 11 is 6.15. The van der Waals surface area contributed by atoms with Crippen LogP contribution in [-0.2, 0) is 4.74 Å². The highest BCUT2D eigenvalue weighted by molar-refractivity contribution is 6.32. The van der Waals surface area contributed by atoms with Gasteiger partial charge in [-0.25, -0.2) is 15.0 Å². The fourth-order valence-corrected chi connectivity index (χ4v) is 2.92. The van der Waals surface area contributed by atoms with Crippen LogP contribution in [0.2, 0.25) is 5.15 Å². The molecule has 0 amide bonds. The maximum Gasteiger partial charge on any atom is 0.158 e. The molecule has 1 unspecified atom stereocenters. The summed E-state index contributed by atoms with van der Waals surface area (Å²) in [7, 11) is 1.64. The lowest BCUT2D eigenvalue weighted by atomic mass is 10.1. The summed E-state index contributed by atoms with van der Waals surface area (Å²) in [6, 6.07) is 7.71. The van der Waals surface area contributed by atoms with Gasteiger partial charge < -0.3 is 9.47 Å². The molecule has 1 saturated heterocycles. The zero-order valence-electron chi connectivity index (χ0n) is 18.0. The largest absolute Gasteiger partial charge is 0.496 e. The molecule has 154 valence electrons. The molecule has 1 atom stereocenters. The molecule has 3 rings (SSSR count). The zero-order chi connectivity index (χ0) is 21.1. The molecule has 1 fully saturated rings. The third-order valence-corrected chi connectivity index (χ3v) is 4.32. The summed E-state index contributed by atoms with van der Waals surface area (Å²) in [5, 5.41) is 0.365. The molecule has 2 heterocycles. The fourth-order valence-electron chi connectivity index (χ4n) is 2.62. The average Bonchev–Trinajstić information content (AvgIpc) is 3.17. The van der Waals surface area contributed by atoms with E-state index in [1.165, 1.54) is 6.42 Å². The predicted molar refractivity (Wildman–Crippen MR) is 117 cm³/mol. The van der Waals surface area contributed by atoms with Crippen molar-refractivity contribution < 1.29 is 9.47 Å². The summed E-state index contributed by atoms with van der Waals surface area (Å²) < 4.78 is 10.4. The standard InChI is InChI=1S/C15H16ClN3O.C5H10O.C2H6/c1-9(12-7-5-6-8-13(12)20-4)18-14-10(2)17-11(3)19-15(14)16;1-5-2-3-6-4-5;1-2/h5-8H,1-4H3;5H,2-4H2,1H3;1-2H3. The Balaban J connectivity index is 0.000000411. The molecule has 5 nitrogen and oxygen atoms in total. The molecule has 1 aromatic carbocycles. The Morgan fingerprint density at radius 2 is 1.89 bits per heavy atom. The predicted octanol–water partition coefficient (Wildman–Crippen LogP) is 5.97. The lowest BCUT2D eigenvalue weighted by Gasteiger charge is -2.09. The monoisotopic (exact) mass is 405 g/mol. The Bertz CT molecular complexity index is 749. The van der Waals surface area contributed by atoms with Crippen LogP contribution in [0, 0.1) is 19.8 Å². The summed E-state index contributed by atoms with van der Waals surface area (Å²) in [6.07, 6.45) is 1.26. The van der Waals surface area contributed by atoms with Gasteiger partial charge in [-0.15, -0.1) is 0 Å². The van der Waals surface area contributed by atoms with Gasteiger partial charge in [-0.1, -0.05) is 44.5 Å². The first-order valence-electron chi connectivity index (χ1n) is 9.69. The average molecular weight is 406 g/mol. The number of aliphatic imine (C=N–C) groups is 1. The number of rotatable bonds is 3. The van der Waals surface area contributed by atoms with Gasteiger partial charge in [0.15, 0.2) is 5.15 Å². The van der Waals surface area contributed by atoms with E-state index in [1.807, 2.05) is 52.0 Å². The Hall–Kier alpha value is -1.98. The number of para-hydroxylation sites is 1. The van der Waals surface area contributed by atoms with Crippen LogP contribution >= 0.6 is 11.6 Å². The molecular formula is C22H32ClN3O2. The molecule has 6 heteroatoms. The van der Waals surface area contributed by atoms with Crippen LogP contribution in [0.3, 0.4) is 0 Å². The highest BCUT2D eigenvalue weighted by Crippen LogP contribution is 2.28. The molecule has 1 aliphatic heterocycles. The van der Waals surface area contributed by atoms with Gasteiger partial charge in [-0.05, 0) is 45.2 Å². The highest BCUT2D eigenvalue weighted by atomic mass is 35.5. The van der Waals surface area contributed by atoms with Crippen LogP contribution < -0.4 is 4.74 Å². The molecular weight excluding hydrogens is 374 g/mol. The topological polar surface area (TPSA) is 56.6 Å². The van der Waals surface area contributed by atoms with E-state index in [0.717, 1.165) is 41.9 Å². The number of aryl methyl sites for hydroxylation is 2. The first-order valence-corrected chi connectivity index (χ1v) is 10.1. The normalized spacial score (nSPS) is 15.9. The Morgan fingerprint density at radius 3 is 2.39 bits per heavy atom. The Morgan fingerprint density at radius 1 is 1.21 bits per heavy atom. The highest BCUT2D eigenvalue weighted by Gasteiger charge is 2.10. The van der Waals surface area contributed by atoms with Crippen LogP contribution in [0.1, 0.15) is 51.2 Å². The summed E-state index contributed by atoms with van der Waals surface area (Å²) in [6.45, 7) is 13.8. The lowest BCUT2D eigenvalue weighted by Crippen LogP contribution is -2.00. The van der Waals surface area contributed by atoms with Crippen molar-refractivity contribution in [2.45, 2.75) is 48.0 Å². The summed E-state index contributed by atoms with van der Waals surface area (Å²) in [4.78, 5) is 13.0. The first kappa shape index (κ1) is 24.1. The fraction of sp³-hybridized carbons (Fsp3) is 0.500. The Labute approximate surface area is 174 Å². The third-order valence-electron chi connectivity index (χ3n) is 4.06. The minimum absolute atomic E-state index is 0.365. The molecule has 0 bridgehead atoms. The minimum Gasteiger partial charge on any atom is -0.496 e. The molecule has 1 aromatic heterocycles. The van der Waals surface area contributed by atoms with E-state index in [9.17, 15) is 0 Å². The van der Waals surface area contributed by atoms with Gasteiger partial charge in [0.2, 0.25) is 0 Å². The van der Waals surface area contributed by atoms with Crippen LogP contribution in [0.15, 0.2) is 29.3 Å². The van der Waals surface area contributed by atoms with Crippen molar-refractivity contribution in [1.29, 1.82) is 0 Å². The SMILES string of the molecule is CC.CC1CCOC1.COc1ccccc1C(C)=Nc1c(C)nc(C)nc1Cl. The molecule has 0 N–H and O–H groups in total. The third kappa shape index (κ3) is 7.21. The van der Waals surface area contributed by atoms with Crippen LogP contribution in [-0.4, -0.2) is 36.0 Å². The van der Waals surface area contributed by atoms with Crippen LogP contribution in [0.4, 0.5) is 5.69 Å². The second kappa shape index (κ2) is 12.5. The van der Waals surface area contributed by atoms with E-state index < -0.39 is 0 Å². The number of benzene rings is 1. The van der Waals surface area contributed by atoms with E-state index >= 15 is 0 Å². The summed E-state index contributed by atoms with van der Waals surface area (Å²) in [5.41, 5.74) is 3.09. The molecule has 0 spiro atoms. The molecule has 0 aliphatic carbocycles. The summed E-state index contributed by atoms with van der Waals surface area (Å²) in [5.74, 6) is 2.24. The van der Waals surface area contributed by atoms with Gasteiger partial charge in [0.05, 0.1) is 12.8 Å². The van der Waals surface area contributed by atoms with E-state index in [2.05, 4.69) is 21.9 Å². The zero-order valence-corrected chi connectivity index (χ0v) is 18.8. The minimum atomic E-state index is 0.365. The first-order chi connectivity index (χ1) is 13.4. The smallest absolute Gasteiger partial charge is 0.158 e. The van der Waals surface area contributed by atoms with Crippen LogP contribution in [0.25, 0.3) is 0 Å². The molecule has 28 heavy (non-hydrogen) atoms. The van der Waals surface area contributed by atoms with Gasteiger partial charge in [0.1, 0.15) is 17.3 Å². The lowest BCUT2D eigenvalue weighted by molar-refractivity contribution is 0.188. The second-order valence-corrected chi connectivity index (χ2v) is 6.72. The maximum atomic E-state index is 6.15. The van der Waals surface area contributed by atoms with E-state index in [4.69, 9.17) is 21.1 Å². The van der Waals surface area contributed by atoms with Gasteiger partial charge in [-0.2, -0.15) is 0 Å². The number of hydrogen-bond acceptors (Lipinski definition) is 5. The second-order valence-electron chi connectivity index (χ2n) is 6.36. The number of nitrogens with zero attached hydrogens (tertiary/aromatic N) is 3. The number of methoxy groups -OCH3 is 1. The molecule has 0 saturated carbocycles. The maximum absolute atomic E-state index is 6.15. The van der Waals surface area contributed by atoms with Crippen molar-refractivity contribution in [3.63, 3.8) is 0 Å². The van der Waals surface area contributed by atoms with Gasteiger partial charge in [-0.3, -0.25) is 0 Å². The number of aromatic nitrogens is 2. The van der Waals surface area contributed by atoms with Crippen molar-refractivity contribution in [2.75, 3.05) is 20.3 Å². The number of ether oxygens (including phenoxy) is 2. The van der Waals surface area contributed by atoms with E-state index in [-0.39, 0.29) is 0 Å². The number of halogens is 1. The van der Waals surface area contributed by atoms with Crippen molar-refractivity contribution in [1.82, 2.24) is 9.97 Å². The molecule has 0 radical (unpaired) electrons. The van der Waals surface area contributed by atoms with Gasteiger partial charge in [0, 0.05) is 24.5 Å². The Kier molecular flexibility index (Phi) is 10.7. The van der Waals surface area contributed by atoms with E-state index in [0.29, 0.717) is 16.7 Å². The molecule has 1 aliphatic rings. The quantitative estimate of drug-likeness (QED) is 0.466. The van der Waals surface area contributed by atoms with Gasteiger partial charge >= 0.3 is 0 Å².